The van der Waals surface area contributed by atoms with Gasteiger partial charge < -0.3 is 0 Å². The van der Waals surface area contributed by atoms with Crippen LogP contribution in [0.25, 0.3) is 20.9 Å². The van der Waals surface area contributed by atoms with Gasteiger partial charge in [-0.3, -0.25) is 0 Å². The van der Waals surface area contributed by atoms with Gasteiger partial charge in [0.1, 0.15) is 0 Å². The Labute approximate surface area is 93.2 Å². The molecule has 0 atom stereocenters. The molecule has 0 radical (unpaired) electrons. The fourth-order valence-corrected chi connectivity index (χ4v) is 3.17. The van der Waals surface area contributed by atoms with Crippen molar-refractivity contribution in [2.45, 2.75) is 13.8 Å². The SMILES string of the molecule is Cc1cc2cccc(C)c2c2ccsc12. The molecule has 0 aliphatic carbocycles. The number of rotatable bonds is 0. The maximum absolute atomic E-state index is 2.29. The molecule has 0 aliphatic heterocycles. The maximum Gasteiger partial charge on any atom is 0.0378 e. The van der Waals surface area contributed by atoms with Crippen molar-refractivity contribution < 1.29 is 0 Å². The Morgan fingerprint density at radius 2 is 1.87 bits per heavy atom. The Bertz CT molecular complexity index is 647. The van der Waals surface area contributed by atoms with Crippen molar-refractivity contribution in [2.75, 3.05) is 0 Å². The molecule has 0 spiro atoms. The molecule has 0 N–H and O–H groups in total. The molecule has 1 heterocycles. The predicted molar refractivity (Wildman–Crippen MR) is 68.8 cm³/mol. The summed E-state index contributed by atoms with van der Waals surface area (Å²) < 4.78 is 1.43. The van der Waals surface area contributed by atoms with E-state index >= 15 is 0 Å². The van der Waals surface area contributed by atoms with Gasteiger partial charge in [0.25, 0.3) is 0 Å². The van der Waals surface area contributed by atoms with Gasteiger partial charge in [-0.05, 0) is 53.3 Å². The Balaban J connectivity index is 2.68. The van der Waals surface area contributed by atoms with Crippen molar-refractivity contribution >= 4 is 32.2 Å². The number of aryl methyl sites for hydroxylation is 2. The van der Waals surface area contributed by atoms with Gasteiger partial charge in [-0.1, -0.05) is 18.2 Å². The Hall–Kier alpha value is -1.34. The smallest absolute Gasteiger partial charge is 0.0378 e. The van der Waals surface area contributed by atoms with E-state index in [0.29, 0.717) is 0 Å². The fourth-order valence-electron chi connectivity index (χ4n) is 2.29. The zero-order valence-electron chi connectivity index (χ0n) is 8.87. The number of thiophene rings is 1. The summed E-state index contributed by atoms with van der Waals surface area (Å²) in [6.07, 6.45) is 0. The summed E-state index contributed by atoms with van der Waals surface area (Å²) >= 11 is 1.84. The van der Waals surface area contributed by atoms with E-state index in [-0.39, 0.29) is 0 Å². The Morgan fingerprint density at radius 1 is 1.00 bits per heavy atom. The summed E-state index contributed by atoms with van der Waals surface area (Å²) in [6.45, 7) is 4.38. The molecule has 1 aromatic heterocycles. The van der Waals surface area contributed by atoms with E-state index in [1.54, 1.807) is 0 Å². The van der Waals surface area contributed by atoms with Gasteiger partial charge in [0.15, 0.2) is 0 Å². The molecule has 1 heteroatoms. The third-order valence-corrected chi connectivity index (χ3v) is 4.02. The number of hydrogen-bond acceptors (Lipinski definition) is 1. The summed E-state index contributed by atoms with van der Waals surface area (Å²) in [6, 6.07) is 11.1. The lowest BCUT2D eigenvalue weighted by atomic mass is 10.00. The van der Waals surface area contributed by atoms with Gasteiger partial charge in [-0.25, -0.2) is 0 Å². The summed E-state index contributed by atoms with van der Waals surface area (Å²) in [5, 5.41) is 6.37. The van der Waals surface area contributed by atoms with Crippen LogP contribution in [0, 0.1) is 13.8 Å². The number of benzene rings is 2. The second-order valence-corrected chi connectivity index (χ2v) is 4.95. The molecule has 0 amide bonds. The highest BCUT2D eigenvalue weighted by Gasteiger charge is 2.06. The zero-order valence-corrected chi connectivity index (χ0v) is 9.69. The molecule has 3 rings (SSSR count). The van der Waals surface area contributed by atoms with Gasteiger partial charge in [0.05, 0.1) is 0 Å². The molecule has 74 valence electrons. The minimum Gasteiger partial charge on any atom is -0.144 e. The van der Waals surface area contributed by atoms with Crippen LogP contribution in [0.3, 0.4) is 0 Å². The Morgan fingerprint density at radius 3 is 2.73 bits per heavy atom. The van der Waals surface area contributed by atoms with E-state index in [1.165, 1.54) is 32.0 Å². The van der Waals surface area contributed by atoms with E-state index in [1.807, 2.05) is 11.3 Å². The van der Waals surface area contributed by atoms with Crippen LogP contribution in [-0.4, -0.2) is 0 Å². The van der Waals surface area contributed by atoms with E-state index in [4.69, 9.17) is 0 Å². The van der Waals surface area contributed by atoms with Crippen LogP contribution in [0.4, 0.5) is 0 Å². The number of hydrogen-bond donors (Lipinski definition) is 0. The average molecular weight is 212 g/mol. The molecule has 0 fully saturated rings. The molecule has 0 nitrogen and oxygen atoms in total. The minimum atomic E-state index is 1.36. The zero-order chi connectivity index (χ0) is 10.4. The van der Waals surface area contributed by atoms with Gasteiger partial charge >= 0.3 is 0 Å². The van der Waals surface area contributed by atoms with E-state index < -0.39 is 0 Å². The summed E-state index contributed by atoms with van der Waals surface area (Å²) in [7, 11) is 0. The lowest BCUT2D eigenvalue weighted by molar-refractivity contribution is 1.53. The first kappa shape index (κ1) is 8.93. The van der Waals surface area contributed by atoms with Crippen molar-refractivity contribution in [1.82, 2.24) is 0 Å². The topological polar surface area (TPSA) is 0 Å². The van der Waals surface area contributed by atoms with Crippen LogP contribution in [0.1, 0.15) is 11.1 Å². The second-order valence-electron chi connectivity index (χ2n) is 4.03. The average Bonchev–Trinajstić information content (AvgIpc) is 2.66. The van der Waals surface area contributed by atoms with Crippen LogP contribution in [0.2, 0.25) is 0 Å². The van der Waals surface area contributed by atoms with Gasteiger partial charge in [0.2, 0.25) is 0 Å². The largest absolute Gasteiger partial charge is 0.144 e. The van der Waals surface area contributed by atoms with Gasteiger partial charge in [-0.2, -0.15) is 0 Å². The Kier molecular flexibility index (Phi) is 1.83. The highest BCUT2D eigenvalue weighted by molar-refractivity contribution is 7.17. The first-order chi connectivity index (χ1) is 7.27. The van der Waals surface area contributed by atoms with Crippen LogP contribution < -0.4 is 0 Å². The van der Waals surface area contributed by atoms with E-state index in [9.17, 15) is 0 Å². The van der Waals surface area contributed by atoms with Crippen LogP contribution in [0.5, 0.6) is 0 Å². The number of fused-ring (bicyclic) bond motifs is 3. The second kappa shape index (κ2) is 3.07. The summed E-state index contributed by atoms with van der Waals surface area (Å²) in [5.74, 6) is 0. The first-order valence-corrected chi connectivity index (χ1v) is 6.01. The van der Waals surface area contributed by atoms with E-state index in [2.05, 4.69) is 49.6 Å². The molecule has 2 aromatic carbocycles. The molecule has 0 unspecified atom stereocenters. The molecule has 3 aromatic rings. The minimum absolute atomic E-state index is 1.36. The molecule has 0 saturated heterocycles. The van der Waals surface area contributed by atoms with Crippen molar-refractivity contribution in [3.63, 3.8) is 0 Å². The highest BCUT2D eigenvalue weighted by Crippen LogP contribution is 2.33. The van der Waals surface area contributed by atoms with E-state index in [0.717, 1.165) is 0 Å². The first-order valence-electron chi connectivity index (χ1n) is 5.13. The van der Waals surface area contributed by atoms with Crippen molar-refractivity contribution in [3.05, 3.63) is 46.8 Å². The quantitative estimate of drug-likeness (QED) is 0.508. The standard InChI is InChI=1S/C14H12S/c1-9-4-3-5-11-8-10(2)14-12(13(9)11)6-7-15-14/h3-8H,1-2H3. The molecule has 15 heavy (non-hydrogen) atoms. The summed E-state index contributed by atoms with van der Waals surface area (Å²) in [4.78, 5) is 0. The highest BCUT2D eigenvalue weighted by atomic mass is 32.1. The van der Waals surface area contributed by atoms with Gasteiger partial charge in [-0.15, -0.1) is 11.3 Å². The van der Waals surface area contributed by atoms with Crippen molar-refractivity contribution in [3.8, 4) is 0 Å². The van der Waals surface area contributed by atoms with Crippen LogP contribution in [-0.2, 0) is 0 Å². The maximum atomic E-state index is 2.29. The molecule has 0 saturated carbocycles. The van der Waals surface area contributed by atoms with Gasteiger partial charge in [0, 0.05) is 10.1 Å². The lowest BCUT2D eigenvalue weighted by Gasteiger charge is -2.05. The third kappa shape index (κ3) is 1.20. The van der Waals surface area contributed by atoms with Crippen LogP contribution >= 0.6 is 11.3 Å². The monoisotopic (exact) mass is 212 g/mol. The van der Waals surface area contributed by atoms with Crippen LogP contribution in [0.15, 0.2) is 35.7 Å². The third-order valence-electron chi connectivity index (χ3n) is 2.97. The fraction of sp³-hybridized carbons (Fsp3) is 0.143. The van der Waals surface area contributed by atoms with Crippen molar-refractivity contribution in [2.24, 2.45) is 0 Å². The predicted octanol–water partition coefficient (Wildman–Crippen LogP) is 4.67. The molecule has 0 aliphatic rings. The molecule has 0 bridgehead atoms. The van der Waals surface area contributed by atoms with Crippen molar-refractivity contribution in [1.29, 1.82) is 0 Å². The molecular formula is C14H12S. The summed E-state index contributed by atoms with van der Waals surface area (Å²) in [5.41, 5.74) is 2.76. The lowest BCUT2D eigenvalue weighted by Crippen LogP contribution is -1.81. The molecular weight excluding hydrogens is 200 g/mol. The normalized spacial score (nSPS) is 11.3.